The van der Waals surface area contributed by atoms with Gasteiger partial charge in [-0.1, -0.05) is 17.7 Å². The van der Waals surface area contributed by atoms with E-state index in [9.17, 15) is 4.79 Å². The Hall–Kier alpha value is -2.89. The molecule has 1 aromatic carbocycles. The molecule has 0 spiro atoms. The number of anilines is 1. The van der Waals surface area contributed by atoms with Crippen molar-refractivity contribution in [2.45, 2.75) is 33.7 Å². The van der Waals surface area contributed by atoms with Crippen molar-refractivity contribution in [1.82, 2.24) is 19.5 Å². The third-order valence-corrected chi connectivity index (χ3v) is 5.24. The van der Waals surface area contributed by atoms with Gasteiger partial charge in [-0.05, 0) is 45.9 Å². The lowest BCUT2D eigenvalue weighted by atomic mass is 10.1. The van der Waals surface area contributed by atoms with Crippen molar-refractivity contribution in [3.8, 4) is 0 Å². The molecule has 3 aromatic rings. The maximum Gasteiger partial charge on any atom is 0.274 e. The summed E-state index contributed by atoms with van der Waals surface area (Å²) in [6.07, 6.45) is 0. The zero-order chi connectivity index (χ0) is 19.1. The maximum absolute atomic E-state index is 13.1. The van der Waals surface area contributed by atoms with Crippen molar-refractivity contribution >= 4 is 17.2 Å². The Bertz CT molecular complexity index is 992. The zero-order valence-electron chi connectivity index (χ0n) is 16.3. The van der Waals surface area contributed by atoms with Gasteiger partial charge >= 0.3 is 0 Å². The van der Waals surface area contributed by atoms with Crippen molar-refractivity contribution in [3.63, 3.8) is 0 Å². The molecule has 1 unspecified atom stereocenters. The van der Waals surface area contributed by atoms with Crippen molar-refractivity contribution in [3.05, 3.63) is 59.0 Å². The van der Waals surface area contributed by atoms with E-state index < -0.39 is 0 Å². The number of rotatable bonds is 2. The summed E-state index contributed by atoms with van der Waals surface area (Å²) in [7, 11) is 0. The molecule has 27 heavy (non-hydrogen) atoms. The standard InChI is InChI=1S/C21H25N5O/c1-14-5-7-18(8-6-14)24-9-10-25(17(4)13-24)21(27)19-12-20-22-15(2)11-16(3)26(20)23-19/h5-8,11-12,17H,9-10,13H2,1-4H3. The van der Waals surface area contributed by atoms with Gasteiger partial charge in [-0.25, -0.2) is 9.50 Å². The molecular weight excluding hydrogens is 338 g/mol. The van der Waals surface area contributed by atoms with E-state index in [4.69, 9.17) is 0 Å². The average Bonchev–Trinajstić information content (AvgIpc) is 3.06. The summed E-state index contributed by atoms with van der Waals surface area (Å²) < 4.78 is 1.74. The number of carbonyl (C=O) groups is 1. The molecule has 0 saturated carbocycles. The fourth-order valence-electron chi connectivity index (χ4n) is 3.79. The average molecular weight is 363 g/mol. The summed E-state index contributed by atoms with van der Waals surface area (Å²) in [4.78, 5) is 21.8. The predicted molar refractivity (Wildman–Crippen MR) is 106 cm³/mol. The predicted octanol–water partition coefficient (Wildman–Crippen LogP) is 3.01. The lowest BCUT2D eigenvalue weighted by Crippen LogP contribution is -2.54. The van der Waals surface area contributed by atoms with E-state index in [1.54, 1.807) is 10.6 Å². The first-order chi connectivity index (χ1) is 12.9. The fraction of sp³-hybridized carbons (Fsp3) is 0.381. The highest BCUT2D eigenvalue weighted by atomic mass is 16.2. The van der Waals surface area contributed by atoms with Crippen LogP contribution in [0.15, 0.2) is 36.4 Å². The Morgan fingerprint density at radius 1 is 1.07 bits per heavy atom. The van der Waals surface area contributed by atoms with Crippen LogP contribution in [0.4, 0.5) is 5.69 Å². The van der Waals surface area contributed by atoms with E-state index in [2.05, 4.69) is 53.1 Å². The lowest BCUT2D eigenvalue weighted by Gasteiger charge is -2.40. The third kappa shape index (κ3) is 3.27. The van der Waals surface area contributed by atoms with Crippen molar-refractivity contribution in [1.29, 1.82) is 0 Å². The van der Waals surface area contributed by atoms with Crippen molar-refractivity contribution < 1.29 is 4.79 Å². The number of fused-ring (bicyclic) bond motifs is 1. The molecule has 1 saturated heterocycles. The molecule has 3 heterocycles. The molecule has 2 aromatic heterocycles. The zero-order valence-corrected chi connectivity index (χ0v) is 16.3. The van der Waals surface area contributed by atoms with E-state index in [1.807, 2.05) is 24.8 Å². The van der Waals surface area contributed by atoms with Crippen molar-refractivity contribution in [2.24, 2.45) is 0 Å². The minimum Gasteiger partial charge on any atom is -0.368 e. The number of hydrogen-bond acceptors (Lipinski definition) is 4. The maximum atomic E-state index is 13.1. The van der Waals surface area contributed by atoms with Crippen LogP contribution in [0.5, 0.6) is 0 Å². The van der Waals surface area contributed by atoms with Gasteiger partial charge in [0, 0.05) is 48.8 Å². The molecular formula is C21H25N5O. The summed E-state index contributed by atoms with van der Waals surface area (Å²) in [5, 5.41) is 4.50. The number of hydrogen-bond donors (Lipinski definition) is 0. The SMILES string of the molecule is Cc1ccc(N2CCN(C(=O)c3cc4nc(C)cc(C)n4n3)C(C)C2)cc1. The molecule has 1 amide bonds. The summed E-state index contributed by atoms with van der Waals surface area (Å²) in [6, 6.07) is 12.4. The minimum atomic E-state index is -0.0198. The lowest BCUT2D eigenvalue weighted by molar-refractivity contribution is 0.0667. The second-order valence-corrected chi connectivity index (χ2v) is 7.47. The van der Waals surface area contributed by atoms with E-state index in [0.717, 1.165) is 30.1 Å². The Morgan fingerprint density at radius 2 is 1.81 bits per heavy atom. The normalized spacial score (nSPS) is 17.6. The van der Waals surface area contributed by atoms with E-state index >= 15 is 0 Å². The molecule has 6 heteroatoms. The second kappa shape index (κ2) is 6.68. The Labute approximate surface area is 159 Å². The molecule has 1 aliphatic heterocycles. The molecule has 4 rings (SSSR count). The number of carbonyl (C=O) groups excluding carboxylic acids is 1. The quantitative estimate of drug-likeness (QED) is 0.702. The highest BCUT2D eigenvalue weighted by molar-refractivity contribution is 5.93. The summed E-state index contributed by atoms with van der Waals surface area (Å²) in [5.41, 5.74) is 5.57. The van der Waals surface area contributed by atoms with E-state index in [0.29, 0.717) is 12.2 Å². The molecule has 0 radical (unpaired) electrons. The molecule has 1 aliphatic rings. The monoisotopic (exact) mass is 363 g/mol. The molecule has 0 bridgehead atoms. The first kappa shape index (κ1) is 17.5. The minimum absolute atomic E-state index is 0.0198. The molecule has 0 aliphatic carbocycles. The number of piperazine rings is 1. The van der Waals surface area contributed by atoms with Gasteiger partial charge in [0.2, 0.25) is 0 Å². The molecule has 0 N–H and O–H groups in total. The van der Waals surface area contributed by atoms with Gasteiger partial charge in [0.05, 0.1) is 0 Å². The number of nitrogens with zero attached hydrogens (tertiary/aromatic N) is 5. The highest BCUT2D eigenvalue weighted by Gasteiger charge is 2.29. The van der Waals surface area contributed by atoms with Crippen molar-refractivity contribution in [2.75, 3.05) is 24.5 Å². The van der Waals surface area contributed by atoms with Crippen LogP contribution in [0.2, 0.25) is 0 Å². The smallest absolute Gasteiger partial charge is 0.274 e. The van der Waals surface area contributed by atoms with Gasteiger partial charge in [0.25, 0.3) is 5.91 Å². The number of amides is 1. The van der Waals surface area contributed by atoms with E-state index in [-0.39, 0.29) is 11.9 Å². The van der Waals surface area contributed by atoms with E-state index in [1.165, 1.54) is 11.3 Å². The summed E-state index contributed by atoms with van der Waals surface area (Å²) in [6.45, 7) is 10.5. The first-order valence-corrected chi connectivity index (χ1v) is 9.39. The largest absolute Gasteiger partial charge is 0.368 e. The molecule has 140 valence electrons. The fourth-order valence-corrected chi connectivity index (χ4v) is 3.79. The van der Waals surface area contributed by atoms with Crippen LogP contribution in [-0.2, 0) is 0 Å². The van der Waals surface area contributed by atoms with Gasteiger partial charge in [0.15, 0.2) is 11.3 Å². The Morgan fingerprint density at radius 3 is 2.52 bits per heavy atom. The second-order valence-electron chi connectivity index (χ2n) is 7.47. The first-order valence-electron chi connectivity index (χ1n) is 9.39. The van der Waals surface area contributed by atoms with Crippen LogP contribution in [-0.4, -0.2) is 51.1 Å². The van der Waals surface area contributed by atoms with Gasteiger partial charge in [0.1, 0.15) is 0 Å². The van der Waals surface area contributed by atoms with Gasteiger partial charge < -0.3 is 9.80 Å². The Kier molecular flexibility index (Phi) is 4.34. The number of benzene rings is 1. The topological polar surface area (TPSA) is 53.7 Å². The molecule has 1 fully saturated rings. The van der Waals surface area contributed by atoms with Gasteiger partial charge in [-0.3, -0.25) is 4.79 Å². The number of aryl methyl sites for hydroxylation is 3. The summed E-state index contributed by atoms with van der Waals surface area (Å²) >= 11 is 0. The van der Waals surface area contributed by atoms with Crippen LogP contribution >= 0.6 is 0 Å². The van der Waals surface area contributed by atoms with Crippen LogP contribution in [0.25, 0.3) is 5.65 Å². The van der Waals surface area contributed by atoms with Crippen LogP contribution in [0.3, 0.4) is 0 Å². The molecule has 6 nitrogen and oxygen atoms in total. The van der Waals surface area contributed by atoms with Gasteiger partial charge in [-0.2, -0.15) is 5.10 Å². The number of aromatic nitrogens is 3. The third-order valence-electron chi connectivity index (χ3n) is 5.24. The highest BCUT2D eigenvalue weighted by Crippen LogP contribution is 2.21. The van der Waals surface area contributed by atoms with Crippen LogP contribution < -0.4 is 4.90 Å². The van der Waals surface area contributed by atoms with Gasteiger partial charge in [-0.15, -0.1) is 0 Å². The Balaban J connectivity index is 1.53. The summed E-state index contributed by atoms with van der Waals surface area (Å²) in [5.74, 6) is -0.0198. The van der Waals surface area contributed by atoms with Crippen LogP contribution in [0, 0.1) is 20.8 Å². The molecule has 1 atom stereocenters. The van der Waals surface area contributed by atoms with Crippen LogP contribution in [0.1, 0.15) is 34.4 Å².